The molecule has 0 aliphatic heterocycles. The number of hydrogen-bond acceptors (Lipinski definition) is 3. The van der Waals surface area contributed by atoms with Crippen molar-refractivity contribution >= 4 is 17.3 Å². The molecule has 0 aliphatic rings. The van der Waals surface area contributed by atoms with Gasteiger partial charge in [0.15, 0.2) is 0 Å². The lowest BCUT2D eigenvalue weighted by Crippen LogP contribution is -2.06. The zero-order valence-electron chi connectivity index (χ0n) is 10.2. The molecule has 0 fully saturated rings. The van der Waals surface area contributed by atoms with E-state index >= 15 is 0 Å². The molecule has 5 heteroatoms. The first kappa shape index (κ1) is 11.9. The molecule has 2 heterocycles. The molecule has 0 saturated heterocycles. The monoisotopic (exact) mass is 250 g/mol. The summed E-state index contributed by atoms with van der Waals surface area (Å²) in [4.78, 5) is 4.22. The number of aryl methyl sites for hydroxylation is 3. The highest BCUT2D eigenvalue weighted by atomic mass is 35.5. The topological polar surface area (TPSA) is 42.7 Å². The van der Waals surface area contributed by atoms with Crippen LogP contribution in [0, 0.1) is 13.8 Å². The number of anilines is 1. The maximum absolute atomic E-state index is 6.17. The Morgan fingerprint density at radius 3 is 2.65 bits per heavy atom. The highest BCUT2D eigenvalue weighted by Gasteiger charge is 2.10. The summed E-state index contributed by atoms with van der Waals surface area (Å²) in [5, 5.41) is 8.26. The highest BCUT2D eigenvalue weighted by molar-refractivity contribution is 6.31. The van der Waals surface area contributed by atoms with Crippen molar-refractivity contribution in [2.45, 2.75) is 20.4 Å². The summed E-state index contributed by atoms with van der Waals surface area (Å²) in [7, 11) is 1.89. The first-order valence-electron chi connectivity index (χ1n) is 5.42. The zero-order chi connectivity index (χ0) is 12.4. The van der Waals surface area contributed by atoms with Gasteiger partial charge < -0.3 is 5.32 Å². The zero-order valence-corrected chi connectivity index (χ0v) is 10.9. The van der Waals surface area contributed by atoms with Gasteiger partial charge in [-0.15, -0.1) is 0 Å². The van der Waals surface area contributed by atoms with Gasteiger partial charge in [-0.3, -0.25) is 9.67 Å². The minimum Gasteiger partial charge on any atom is -0.378 e. The molecule has 0 atom stereocenters. The van der Waals surface area contributed by atoms with Crippen LogP contribution in [-0.4, -0.2) is 14.8 Å². The van der Waals surface area contributed by atoms with E-state index in [1.807, 2.05) is 39.2 Å². The van der Waals surface area contributed by atoms with Gasteiger partial charge in [0.2, 0.25) is 0 Å². The Balaban J connectivity index is 2.09. The molecule has 0 unspecified atom stereocenters. The maximum Gasteiger partial charge on any atom is 0.0865 e. The van der Waals surface area contributed by atoms with Gasteiger partial charge in [-0.2, -0.15) is 5.10 Å². The molecular weight excluding hydrogens is 236 g/mol. The van der Waals surface area contributed by atoms with Crippen LogP contribution in [0.5, 0.6) is 0 Å². The van der Waals surface area contributed by atoms with Crippen molar-refractivity contribution in [3.8, 4) is 0 Å². The van der Waals surface area contributed by atoms with Crippen LogP contribution >= 0.6 is 11.6 Å². The Hall–Kier alpha value is -1.55. The molecule has 1 N–H and O–H groups in total. The first-order valence-corrected chi connectivity index (χ1v) is 5.80. The van der Waals surface area contributed by atoms with Crippen LogP contribution in [0.25, 0.3) is 0 Å². The quantitative estimate of drug-likeness (QED) is 0.911. The number of hydrogen-bond donors (Lipinski definition) is 1. The van der Waals surface area contributed by atoms with Crippen LogP contribution in [0.3, 0.4) is 0 Å². The van der Waals surface area contributed by atoms with Crippen LogP contribution < -0.4 is 5.32 Å². The Bertz CT molecular complexity index is 516. The molecule has 0 spiro atoms. The Morgan fingerprint density at radius 1 is 1.35 bits per heavy atom. The lowest BCUT2D eigenvalue weighted by molar-refractivity contribution is 0.713. The Kier molecular flexibility index (Phi) is 3.33. The molecule has 0 aliphatic carbocycles. The van der Waals surface area contributed by atoms with Crippen molar-refractivity contribution in [1.29, 1.82) is 0 Å². The van der Waals surface area contributed by atoms with E-state index in [4.69, 9.17) is 11.6 Å². The summed E-state index contributed by atoms with van der Waals surface area (Å²) < 4.78 is 1.80. The lowest BCUT2D eigenvalue weighted by atomic mass is 10.3. The van der Waals surface area contributed by atoms with Crippen molar-refractivity contribution in [2.24, 2.45) is 7.05 Å². The van der Waals surface area contributed by atoms with Crippen LogP contribution in [0.2, 0.25) is 5.02 Å². The van der Waals surface area contributed by atoms with E-state index in [0.717, 1.165) is 27.8 Å². The Labute approximate surface area is 106 Å². The number of pyridine rings is 1. The standard InChI is InChI=1S/C12H15ClN4/c1-8-4-5-10(6-14-8)15-7-11-12(13)9(2)16-17(11)3/h4-6,15H,7H2,1-3H3. The van der Waals surface area contributed by atoms with Crippen LogP contribution in [0.1, 0.15) is 17.1 Å². The van der Waals surface area contributed by atoms with Crippen molar-refractivity contribution in [1.82, 2.24) is 14.8 Å². The minimum absolute atomic E-state index is 0.640. The molecule has 2 aromatic rings. The number of rotatable bonds is 3. The van der Waals surface area contributed by atoms with Gasteiger partial charge in [0.05, 0.1) is 34.8 Å². The third-order valence-electron chi connectivity index (χ3n) is 2.63. The largest absolute Gasteiger partial charge is 0.378 e. The van der Waals surface area contributed by atoms with Gasteiger partial charge in [-0.1, -0.05) is 11.6 Å². The Morgan fingerprint density at radius 2 is 2.12 bits per heavy atom. The number of nitrogens with one attached hydrogen (secondary N) is 1. The lowest BCUT2D eigenvalue weighted by Gasteiger charge is -2.07. The number of nitrogens with zero attached hydrogens (tertiary/aromatic N) is 3. The van der Waals surface area contributed by atoms with Crippen molar-refractivity contribution in [2.75, 3.05) is 5.32 Å². The summed E-state index contributed by atoms with van der Waals surface area (Å²) in [5.74, 6) is 0. The molecule has 90 valence electrons. The average Bonchev–Trinajstić information content (AvgIpc) is 2.54. The van der Waals surface area contributed by atoms with E-state index < -0.39 is 0 Å². The van der Waals surface area contributed by atoms with E-state index in [1.54, 1.807) is 4.68 Å². The molecule has 2 rings (SSSR count). The van der Waals surface area contributed by atoms with Gasteiger partial charge in [-0.05, 0) is 26.0 Å². The second kappa shape index (κ2) is 4.75. The van der Waals surface area contributed by atoms with Gasteiger partial charge in [0.1, 0.15) is 0 Å². The SMILES string of the molecule is Cc1ccc(NCc2c(Cl)c(C)nn2C)cn1. The van der Waals surface area contributed by atoms with E-state index in [9.17, 15) is 0 Å². The molecule has 4 nitrogen and oxygen atoms in total. The highest BCUT2D eigenvalue weighted by Crippen LogP contribution is 2.20. The summed E-state index contributed by atoms with van der Waals surface area (Å²) in [6.07, 6.45) is 1.81. The smallest absolute Gasteiger partial charge is 0.0865 e. The molecule has 0 bridgehead atoms. The van der Waals surface area contributed by atoms with Crippen molar-refractivity contribution in [3.05, 3.63) is 40.4 Å². The van der Waals surface area contributed by atoms with E-state index in [1.165, 1.54) is 0 Å². The van der Waals surface area contributed by atoms with Crippen LogP contribution in [0.4, 0.5) is 5.69 Å². The average molecular weight is 251 g/mol. The molecule has 0 radical (unpaired) electrons. The van der Waals surface area contributed by atoms with Gasteiger partial charge in [-0.25, -0.2) is 0 Å². The minimum atomic E-state index is 0.640. The van der Waals surface area contributed by atoms with Gasteiger partial charge >= 0.3 is 0 Å². The van der Waals surface area contributed by atoms with Gasteiger partial charge in [0, 0.05) is 12.7 Å². The predicted molar refractivity (Wildman–Crippen MR) is 69.3 cm³/mol. The molecular formula is C12H15ClN4. The van der Waals surface area contributed by atoms with Gasteiger partial charge in [0.25, 0.3) is 0 Å². The summed E-state index contributed by atoms with van der Waals surface area (Å²) in [6.45, 7) is 4.51. The van der Waals surface area contributed by atoms with Crippen molar-refractivity contribution in [3.63, 3.8) is 0 Å². The molecule has 0 saturated carbocycles. The molecule has 0 aromatic carbocycles. The second-order valence-electron chi connectivity index (χ2n) is 4.01. The second-order valence-corrected chi connectivity index (χ2v) is 4.39. The first-order chi connectivity index (χ1) is 8.08. The number of halogens is 1. The third kappa shape index (κ3) is 2.58. The van der Waals surface area contributed by atoms with Crippen molar-refractivity contribution < 1.29 is 0 Å². The third-order valence-corrected chi connectivity index (χ3v) is 3.12. The van der Waals surface area contributed by atoms with Crippen LogP contribution in [0.15, 0.2) is 18.3 Å². The maximum atomic E-state index is 6.17. The number of aromatic nitrogens is 3. The summed E-state index contributed by atoms with van der Waals surface area (Å²) in [5.41, 5.74) is 3.81. The van der Waals surface area contributed by atoms with E-state index in [2.05, 4.69) is 15.4 Å². The fourth-order valence-electron chi connectivity index (χ4n) is 1.63. The predicted octanol–water partition coefficient (Wildman–Crippen LogP) is 2.70. The summed E-state index contributed by atoms with van der Waals surface area (Å²) >= 11 is 6.17. The molecule has 17 heavy (non-hydrogen) atoms. The summed E-state index contributed by atoms with van der Waals surface area (Å²) in [6, 6.07) is 3.97. The van der Waals surface area contributed by atoms with E-state index in [-0.39, 0.29) is 0 Å². The fraction of sp³-hybridized carbons (Fsp3) is 0.333. The molecule has 0 amide bonds. The molecule has 2 aromatic heterocycles. The fourth-order valence-corrected chi connectivity index (χ4v) is 1.86. The van der Waals surface area contributed by atoms with Crippen LogP contribution in [-0.2, 0) is 13.6 Å². The van der Waals surface area contributed by atoms with E-state index in [0.29, 0.717) is 6.54 Å². The normalized spacial score (nSPS) is 10.6.